The molecule has 0 radical (unpaired) electrons. The van der Waals surface area contributed by atoms with Crippen molar-refractivity contribution < 1.29 is 9.90 Å². The Kier molecular flexibility index (Phi) is 4.76. The fraction of sp³-hybridized carbons (Fsp3) is 0.364. The molecule has 3 heteroatoms. The van der Waals surface area contributed by atoms with Crippen LogP contribution >= 0.6 is 0 Å². The largest absolute Gasteiger partial charge is 0.511 e. The molecule has 0 unspecified atom stereocenters. The second-order valence-electron chi connectivity index (χ2n) is 7.64. The van der Waals surface area contributed by atoms with Gasteiger partial charge in [-0.05, 0) is 43.5 Å². The van der Waals surface area contributed by atoms with Crippen molar-refractivity contribution in [3.63, 3.8) is 0 Å². The van der Waals surface area contributed by atoms with Gasteiger partial charge in [-0.2, -0.15) is 0 Å². The summed E-state index contributed by atoms with van der Waals surface area (Å²) in [5.74, 6) is 0.200. The van der Waals surface area contributed by atoms with Crippen LogP contribution in [-0.2, 0) is 11.2 Å². The van der Waals surface area contributed by atoms with Gasteiger partial charge in [0.2, 0.25) is 0 Å². The molecule has 2 aromatic carbocycles. The van der Waals surface area contributed by atoms with Crippen LogP contribution in [0.4, 0.5) is 0 Å². The number of rotatable bonds is 3. The van der Waals surface area contributed by atoms with Gasteiger partial charge in [0.25, 0.3) is 0 Å². The summed E-state index contributed by atoms with van der Waals surface area (Å²) in [6.45, 7) is 6.04. The van der Waals surface area contributed by atoms with Crippen LogP contribution in [0, 0.1) is 0 Å². The molecule has 0 bridgehead atoms. The van der Waals surface area contributed by atoms with E-state index < -0.39 is 0 Å². The van der Waals surface area contributed by atoms with Crippen LogP contribution < -0.4 is 0 Å². The molecule has 0 aromatic heterocycles. The van der Waals surface area contributed by atoms with Gasteiger partial charge >= 0.3 is 0 Å². The summed E-state index contributed by atoms with van der Waals surface area (Å²) in [7, 11) is 0. The number of fused-ring (bicyclic) bond motifs is 1. The van der Waals surface area contributed by atoms with Gasteiger partial charge in [-0.25, -0.2) is 0 Å². The number of aliphatic hydroxyl groups is 1. The van der Waals surface area contributed by atoms with Crippen molar-refractivity contribution in [3.8, 4) is 0 Å². The zero-order valence-corrected chi connectivity index (χ0v) is 15.2. The van der Waals surface area contributed by atoms with Gasteiger partial charge in [-0.3, -0.25) is 9.79 Å². The van der Waals surface area contributed by atoms with E-state index in [1.54, 1.807) is 0 Å². The normalized spacial score (nSPS) is 16.6. The molecule has 2 aromatic rings. The third-order valence-electron chi connectivity index (χ3n) is 4.38. The SMILES string of the molecule is CC(C)(C)N=C(Cc1cccc2ccccc12)C1=C(O)CCCC1=O. The Morgan fingerprint density at radius 1 is 1.08 bits per heavy atom. The van der Waals surface area contributed by atoms with E-state index in [9.17, 15) is 9.90 Å². The first-order valence-electron chi connectivity index (χ1n) is 8.86. The standard InChI is InChI=1S/C22H25NO2/c1-22(2,3)23-18(21-19(24)12-7-13-20(21)25)14-16-10-6-9-15-8-4-5-11-17(15)16/h4-6,8-11,24H,7,12-14H2,1-3H3. The third kappa shape index (κ3) is 3.98. The maximum Gasteiger partial charge on any atom is 0.168 e. The Morgan fingerprint density at radius 2 is 1.80 bits per heavy atom. The fourth-order valence-corrected chi connectivity index (χ4v) is 3.37. The van der Waals surface area contributed by atoms with Gasteiger partial charge in [0.15, 0.2) is 5.78 Å². The molecular weight excluding hydrogens is 310 g/mol. The van der Waals surface area contributed by atoms with E-state index in [1.807, 2.05) is 39.0 Å². The van der Waals surface area contributed by atoms with Crippen molar-refractivity contribution >= 4 is 22.3 Å². The number of aliphatic imine (C=N–C) groups is 1. The summed E-state index contributed by atoms with van der Waals surface area (Å²) in [5, 5.41) is 12.7. The number of aliphatic hydroxyl groups excluding tert-OH is 1. The van der Waals surface area contributed by atoms with E-state index in [0.717, 1.165) is 10.9 Å². The van der Waals surface area contributed by atoms with Gasteiger partial charge in [0, 0.05) is 19.3 Å². The van der Waals surface area contributed by atoms with Gasteiger partial charge in [-0.1, -0.05) is 42.5 Å². The Bertz CT molecular complexity index is 864. The van der Waals surface area contributed by atoms with Gasteiger partial charge in [-0.15, -0.1) is 0 Å². The quantitative estimate of drug-likeness (QED) is 0.785. The highest BCUT2D eigenvalue weighted by molar-refractivity contribution is 6.24. The Labute approximate surface area is 149 Å². The molecule has 3 rings (SSSR count). The van der Waals surface area contributed by atoms with E-state index >= 15 is 0 Å². The minimum atomic E-state index is -0.315. The molecule has 1 aliphatic carbocycles. The van der Waals surface area contributed by atoms with Crippen molar-refractivity contribution in [2.24, 2.45) is 4.99 Å². The number of hydrogen-bond acceptors (Lipinski definition) is 3. The zero-order valence-electron chi connectivity index (χ0n) is 15.2. The molecule has 1 N–H and O–H groups in total. The Morgan fingerprint density at radius 3 is 2.52 bits per heavy atom. The lowest BCUT2D eigenvalue weighted by Crippen LogP contribution is -2.25. The molecule has 0 aliphatic heterocycles. The molecule has 25 heavy (non-hydrogen) atoms. The summed E-state index contributed by atoms with van der Waals surface area (Å²) in [4.78, 5) is 17.3. The number of Topliss-reactive ketones (excluding diaryl/α,β-unsaturated/α-hetero) is 1. The number of carbonyl (C=O) groups excluding carboxylic acids is 1. The number of allylic oxidation sites excluding steroid dienone is 2. The van der Waals surface area contributed by atoms with Crippen LogP contribution in [0.2, 0.25) is 0 Å². The van der Waals surface area contributed by atoms with Crippen molar-refractivity contribution in [2.45, 2.75) is 52.0 Å². The number of hydrogen-bond donors (Lipinski definition) is 1. The molecular formula is C22H25NO2. The second kappa shape index (κ2) is 6.83. The average molecular weight is 335 g/mol. The van der Waals surface area contributed by atoms with E-state index in [1.165, 1.54) is 5.39 Å². The van der Waals surface area contributed by atoms with Crippen LogP contribution in [0.5, 0.6) is 0 Å². The maximum atomic E-state index is 12.5. The lowest BCUT2D eigenvalue weighted by atomic mass is 9.88. The molecule has 130 valence electrons. The summed E-state index contributed by atoms with van der Waals surface area (Å²) in [5.41, 5.74) is 1.95. The highest BCUT2D eigenvalue weighted by Crippen LogP contribution is 2.26. The summed E-state index contributed by atoms with van der Waals surface area (Å²) in [6.07, 6.45) is 2.30. The summed E-state index contributed by atoms with van der Waals surface area (Å²) >= 11 is 0. The molecule has 0 amide bonds. The highest BCUT2D eigenvalue weighted by Gasteiger charge is 2.26. The second-order valence-corrected chi connectivity index (χ2v) is 7.64. The molecule has 3 nitrogen and oxygen atoms in total. The monoisotopic (exact) mass is 335 g/mol. The number of ketones is 1. The van der Waals surface area contributed by atoms with Crippen LogP contribution in [-0.4, -0.2) is 22.1 Å². The van der Waals surface area contributed by atoms with Crippen molar-refractivity contribution in [1.29, 1.82) is 0 Å². The lowest BCUT2D eigenvalue weighted by Gasteiger charge is -2.21. The van der Waals surface area contributed by atoms with E-state index in [4.69, 9.17) is 4.99 Å². The number of carbonyl (C=O) groups is 1. The van der Waals surface area contributed by atoms with Crippen LogP contribution in [0.3, 0.4) is 0 Å². The fourth-order valence-electron chi connectivity index (χ4n) is 3.37. The van der Waals surface area contributed by atoms with E-state index in [0.29, 0.717) is 37.0 Å². The number of benzene rings is 2. The Hall–Kier alpha value is -2.42. The molecule has 0 heterocycles. The van der Waals surface area contributed by atoms with Gasteiger partial charge in [0.1, 0.15) is 5.76 Å². The molecule has 0 saturated carbocycles. The molecule has 0 atom stereocenters. The van der Waals surface area contributed by atoms with Crippen molar-refractivity contribution in [2.75, 3.05) is 0 Å². The first-order chi connectivity index (χ1) is 11.8. The minimum Gasteiger partial charge on any atom is -0.511 e. The predicted molar refractivity (Wildman–Crippen MR) is 103 cm³/mol. The zero-order chi connectivity index (χ0) is 18.0. The smallest absolute Gasteiger partial charge is 0.168 e. The minimum absolute atomic E-state index is 0.00647. The third-order valence-corrected chi connectivity index (χ3v) is 4.38. The lowest BCUT2D eigenvalue weighted by molar-refractivity contribution is -0.115. The average Bonchev–Trinajstić information content (AvgIpc) is 2.53. The molecule has 0 spiro atoms. The van der Waals surface area contributed by atoms with E-state index in [2.05, 4.69) is 24.3 Å². The first kappa shape index (κ1) is 17.4. The van der Waals surface area contributed by atoms with Crippen LogP contribution in [0.25, 0.3) is 10.8 Å². The predicted octanol–water partition coefficient (Wildman–Crippen LogP) is 5.19. The molecule has 0 fully saturated rings. The van der Waals surface area contributed by atoms with Gasteiger partial charge in [0.05, 0.1) is 16.8 Å². The first-order valence-corrected chi connectivity index (χ1v) is 8.86. The summed E-state index contributed by atoms with van der Waals surface area (Å²) < 4.78 is 0. The maximum absolute atomic E-state index is 12.5. The number of nitrogens with zero attached hydrogens (tertiary/aromatic N) is 1. The highest BCUT2D eigenvalue weighted by atomic mass is 16.3. The molecule has 1 aliphatic rings. The van der Waals surface area contributed by atoms with E-state index in [-0.39, 0.29) is 17.1 Å². The van der Waals surface area contributed by atoms with Crippen molar-refractivity contribution in [1.82, 2.24) is 0 Å². The van der Waals surface area contributed by atoms with Crippen LogP contribution in [0.1, 0.15) is 45.6 Å². The van der Waals surface area contributed by atoms with Crippen molar-refractivity contribution in [3.05, 3.63) is 59.4 Å². The summed E-state index contributed by atoms with van der Waals surface area (Å²) in [6, 6.07) is 14.4. The molecule has 0 saturated heterocycles. The Balaban J connectivity index is 2.10. The topological polar surface area (TPSA) is 49.7 Å². The van der Waals surface area contributed by atoms with Gasteiger partial charge < -0.3 is 5.11 Å². The van der Waals surface area contributed by atoms with Crippen LogP contribution in [0.15, 0.2) is 58.8 Å².